The number of aromatic carboxylic acids is 1. The van der Waals surface area contributed by atoms with Crippen molar-refractivity contribution in [1.82, 2.24) is 9.38 Å². The van der Waals surface area contributed by atoms with Crippen LogP contribution in [0.25, 0.3) is 16.2 Å². The Balaban J connectivity index is 1.82. The van der Waals surface area contributed by atoms with Gasteiger partial charge in [-0.1, -0.05) is 17.4 Å². The number of aryl methyl sites for hydroxylation is 2. The van der Waals surface area contributed by atoms with Gasteiger partial charge in [-0.05, 0) is 38.0 Å². The third kappa shape index (κ3) is 2.26. The van der Waals surface area contributed by atoms with Gasteiger partial charge >= 0.3 is 5.97 Å². The Labute approximate surface area is 148 Å². The van der Waals surface area contributed by atoms with Gasteiger partial charge in [-0.2, -0.15) is 0 Å². The molecule has 0 aliphatic carbocycles. The molecule has 1 N–H and O–H groups in total. The summed E-state index contributed by atoms with van der Waals surface area (Å²) in [6.45, 7) is 6.06. The minimum Gasteiger partial charge on any atom is -0.477 e. The topological polar surface area (TPSA) is 74.9 Å². The molecule has 0 spiro atoms. The highest BCUT2D eigenvalue weighted by atomic mass is 32.1. The average Bonchev–Trinajstić information content (AvgIpc) is 3.20. The van der Waals surface area contributed by atoms with Gasteiger partial charge in [-0.3, -0.25) is 9.20 Å². The molecule has 4 rings (SSSR count). The fourth-order valence-electron chi connectivity index (χ4n) is 3.55. The van der Waals surface area contributed by atoms with E-state index < -0.39 is 5.97 Å². The molecular formula is C18H17N3O3S. The Hall–Kier alpha value is -2.67. The van der Waals surface area contributed by atoms with Crippen LogP contribution in [0, 0.1) is 13.8 Å². The molecule has 128 valence electrons. The highest BCUT2D eigenvalue weighted by Crippen LogP contribution is 2.35. The number of hydrogen-bond donors (Lipinski definition) is 1. The number of hydrogen-bond acceptors (Lipinski definition) is 4. The second-order valence-electron chi connectivity index (χ2n) is 6.25. The van der Waals surface area contributed by atoms with Crippen molar-refractivity contribution in [2.45, 2.75) is 27.2 Å². The summed E-state index contributed by atoms with van der Waals surface area (Å²) >= 11 is 1.19. The molecule has 3 heterocycles. The summed E-state index contributed by atoms with van der Waals surface area (Å²) in [5.74, 6) is -0.863. The largest absolute Gasteiger partial charge is 0.477 e. The molecule has 25 heavy (non-hydrogen) atoms. The Morgan fingerprint density at radius 3 is 2.64 bits per heavy atom. The zero-order valence-corrected chi connectivity index (χ0v) is 15.0. The zero-order valence-electron chi connectivity index (χ0n) is 14.2. The number of carboxylic acids is 1. The van der Waals surface area contributed by atoms with Gasteiger partial charge < -0.3 is 10.0 Å². The molecule has 3 aromatic rings. The number of carboxylic acid groups (broad SMARTS) is 1. The molecule has 0 saturated carbocycles. The summed E-state index contributed by atoms with van der Waals surface area (Å²) in [6.07, 6.45) is 0.839. The molecule has 1 aliphatic heterocycles. The molecular weight excluding hydrogens is 338 g/mol. The van der Waals surface area contributed by atoms with Crippen molar-refractivity contribution in [1.29, 1.82) is 0 Å². The van der Waals surface area contributed by atoms with Crippen molar-refractivity contribution in [3.8, 4) is 11.3 Å². The van der Waals surface area contributed by atoms with Crippen molar-refractivity contribution in [2.24, 2.45) is 0 Å². The predicted octanol–water partition coefficient (Wildman–Crippen LogP) is 3.29. The molecule has 7 heteroatoms. The Morgan fingerprint density at radius 2 is 2.00 bits per heavy atom. The van der Waals surface area contributed by atoms with Gasteiger partial charge in [0, 0.05) is 36.1 Å². The van der Waals surface area contributed by atoms with E-state index >= 15 is 0 Å². The molecule has 6 nitrogen and oxygen atoms in total. The van der Waals surface area contributed by atoms with Crippen LogP contribution in [0.4, 0.5) is 5.69 Å². The SMILES string of the molecule is CC(=O)N1CCc2cc(-c3nc4sc(C(=O)O)c(C)n4c3C)ccc21. The first kappa shape index (κ1) is 15.8. The maximum atomic E-state index is 11.7. The van der Waals surface area contributed by atoms with Crippen LogP contribution < -0.4 is 4.90 Å². The second kappa shape index (κ2) is 5.42. The number of nitrogens with zero attached hydrogens (tertiary/aromatic N) is 3. The van der Waals surface area contributed by atoms with Gasteiger partial charge in [0.1, 0.15) is 4.88 Å². The second-order valence-corrected chi connectivity index (χ2v) is 7.23. The number of carbonyl (C=O) groups is 2. The monoisotopic (exact) mass is 355 g/mol. The van der Waals surface area contributed by atoms with Gasteiger partial charge in [0.15, 0.2) is 4.96 Å². The molecule has 0 unspecified atom stereocenters. The van der Waals surface area contributed by atoms with Gasteiger partial charge in [-0.25, -0.2) is 9.78 Å². The van der Waals surface area contributed by atoms with E-state index in [0.29, 0.717) is 22.1 Å². The predicted molar refractivity (Wildman–Crippen MR) is 96.7 cm³/mol. The fourth-order valence-corrected chi connectivity index (χ4v) is 4.57. The molecule has 2 aromatic heterocycles. The average molecular weight is 355 g/mol. The Kier molecular flexibility index (Phi) is 3.43. The standard InChI is InChI=1S/C18H17N3O3S/c1-9-15(19-18-21(9)10(2)16(25-18)17(23)24)13-4-5-14-12(8-13)6-7-20(14)11(3)22/h4-5,8H,6-7H2,1-3H3,(H,23,24). The Bertz CT molecular complexity index is 1050. The molecule has 0 bridgehead atoms. The van der Waals surface area contributed by atoms with E-state index in [1.54, 1.807) is 18.7 Å². The quantitative estimate of drug-likeness (QED) is 0.765. The van der Waals surface area contributed by atoms with Crippen molar-refractivity contribution >= 4 is 33.9 Å². The lowest BCUT2D eigenvalue weighted by Crippen LogP contribution is -2.25. The maximum absolute atomic E-state index is 11.7. The minimum absolute atomic E-state index is 0.0574. The van der Waals surface area contributed by atoms with Gasteiger partial charge in [0.05, 0.1) is 5.69 Å². The fraction of sp³-hybridized carbons (Fsp3) is 0.278. The number of fused-ring (bicyclic) bond motifs is 2. The third-order valence-corrected chi connectivity index (χ3v) is 5.89. The van der Waals surface area contributed by atoms with Crippen LogP contribution in [0.3, 0.4) is 0 Å². The maximum Gasteiger partial charge on any atom is 0.347 e. The molecule has 1 aromatic carbocycles. The van der Waals surface area contributed by atoms with Crippen LogP contribution in [0.1, 0.15) is 33.5 Å². The van der Waals surface area contributed by atoms with E-state index in [2.05, 4.69) is 11.1 Å². The molecule has 0 saturated heterocycles. The van der Waals surface area contributed by atoms with E-state index in [1.807, 2.05) is 23.5 Å². The van der Waals surface area contributed by atoms with Crippen molar-refractivity contribution in [2.75, 3.05) is 11.4 Å². The molecule has 1 aliphatic rings. The van der Waals surface area contributed by atoms with Crippen molar-refractivity contribution in [3.63, 3.8) is 0 Å². The zero-order chi connectivity index (χ0) is 17.9. The van der Waals surface area contributed by atoms with Crippen LogP contribution in [-0.4, -0.2) is 32.9 Å². The number of anilines is 1. The molecule has 0 fully saturated rings. The highest BCUT2D eigenvalue weighted by molar-refractivity contribution is 7.19. The number of thiazole rings is 1. The van der Waals surface area contributed by atoms with Crippen molar-refractivity contribution < 1.29 is 14.7 Å². The Morgan fingerprint density at radius 1 is 1.24 bits per heavy atom. The van der Waals surface area contributed by atoms with Crippen LogP contribution >= 0.6 is 11.3 Å². The van der Waals surface area contributed by atoms with E-state index in [4.69, 9.17) is 0 Å². The van der Waals surface area contributed by atoms with E-state index in [-0.39, 0.29) is 5.91 Å². The lowest BCUT2D eigenvalue weighted by Gasteiger charge is -2.14. The summed E-state index contributed by atoms with van der Waals surface area (Å²) in [7, 11) is 0. The summed E-state index contributed by atoms with van der Waals surface area (Å²) in [4.78, 5) is 30.5. The number of aromatic nitrogens is 2. The summed E-state index contributed by atoms with van der Waals surface area (Å²) < 4.78 is 1.90. The lowest BCUT2D eigenvalue weighted by atomic mass is 10.0. The summed E-state index contributed by atoms with van der Waals surface area (Å²) in [5, 5.41) is 9.27. The first-order valence-corrected chi connectivity index (χ1v) is 8.83. The number of carbonyl (C=O) groups excluding carboxylic acids is 1. The van der Waals surface area contributed by atoms with E-state index in [1.165, 1.54) is 11.3 Å². The number of amides is 1. The molecule has 0 radical (unpaired) electrons. The van der Waals surface area contributed by atoms with Crippen LogP contribution in [0.15, 0.2) is 18.2 Å². The third-order valence-electron chi connectivity index (χ3n) is 4.76. The molecule has 0 atom stereocenters. The van der Waals surface area contributed by atoms with Crippen molar-refractivity contribution in [3.05, 3.63) is 40.0 Å². The highest BCUT2D eigenvalue weighted by Gasteiger charge is 2.24. The lowest BCUT2D eigenvalue weighted by molar-refractivity contribution is -0.116. The number of imidazole rings is 1. The van der Waals surface area contributed by atoms with Gasteiger partial charge in [-0.15, -0.1) is 0 Å². The van der Waals surface area contributed by atoms with E-state index in [9.17, 15) is 14.7 Å². The first-order valence-electron chi connectivity index (χ1n) is 8.01. The summed E-state index contributed by atoms with van der Waals surface area (Å²) in [5.41, 5.74) is 5.60. The smallest absolute Gasteiger partial charge is 0.347 e. The van der Waals surface area contributed by atoms with Crippen LogP contribution in [0.2, 0.25) is 0 Å². The van der Waals surface area contributed by atoms with Gasteiger partial charge in [0.2, 0.25) is 5.91 Å². The first-order chi connectivity index (χ1) is 11.9. The summed E-state index contributed by atoms with van der Waals surface area (Å²) in [6, 6.07) is 6.04. The van der Waals surface area contributed by atoms with Crippen LogP contribution in [0.5, 0.6) is 0 Å². The molecule has 1 amide bonds. The van der Waals surface area contributed by atoms with E-state index in [0.717, 1.165) is 34.6 Å². The minimum atomic E-state index is -0.921. The van der Waals surface area contributed by atoms with Gasteiger partial charge in [0.25, 0.3) is 0 Å². The normalized spacial score (nSPS) is 13.5. The van der Waals surface area contributed by atoms with Crippen LogP contribution in [-0.2, 0) is 11.2 Å². The number of benzene rings is 1. The number of rotatable bonds is 2.